The SMILES string of the molecule is C=CCC(N)CS(C)(=O)=O. The summed E-state index contributed by atoms with van der Waals surface area (Å²) in [7, 11) is -2.92. The third kappa shape index (κ3) is 5.78. The summed E-state index contributed by atoms with van der Waals surface area (Å²) in [6.45, 7) is 3.46. The van der Waals surface area contributed by atoms with E-state index in [9.17, 15) is 8.42 Å². The molecule has 0 aromatic carbocycles. The van der Waals surface area contributed by atoms with Crippen LogP contribution in [0.2, 0.25) is 0 Å². The first kappa shape index (κ1) is 9.65. The summed E-state index contributed by atoms with van der Waals surface area (Å²) >= 11 is 0. The largest absolute Gasteiger partial charge is 0.326 e. The standard InChI is InChI=1S/C6H13NO2S/c1-3-4-6(7)5-10(2,8)9/h3,6H,1,4-5,7H2,2H3. The van der Waals surface area contributed by atoms with Crippen LogP contribution in [0.15, 0.2) is 12.7 Å². The quantitative estimate of drug-likeness (QED) is 0.590. The van der Waals surface area contributed by atoms with Crippen LogP contribution in [0.4, 0.5) is 0 Å². The molecule has 60 valence electrons. The van der Waals surface area contributed by atoms with E-state index in [1.165, 1.54) is 6.26 Å². The third-order valence-electron chi connectivity index (χ3n) is 0.986. The summed E-state index contributed by atoms with van der Waals surface area (Å²) in [5.74, 6) is 0.0407. The average molecular weight is 163 g/mol. The van der Waals surface area contributed by atoms with Gasteiger partial charge in [0.1, 0.15) is 9.84 Å². The van der Waals surface area contributed by atoms with E-state index < -0.39 is 9.84 Å². The van der Waals surface area contributed by atoms with Gasteiger partial charge in [0, 0.05) is 12.3 Å². The van der Waals surface area contributed by atoms with Gasteiger partial charge in [-0.05, 0) is 6.42 Å². The maximum atomic E-state index is 10.6. The summed E-state index contributed by atoms with van der Waals surface area (Å²) in [6.07, 6.45) is 3.35. The van der Waals surface area contributed by atoms with Gasteiger partial charge in [-0.1, -0.05) is 6.08 Å². The van der Waals surface area contributed by atoms with E-state index in [0.29, 0.717) is 6.42 Å². The molecule has 0 aromatic heterocycles. The molecule has 0 aliphatic heterocycles. The van der Waals surface area contributed by atoms with E-state index in [1.54, 1.807) is 6.08 Å². The normalized spacial score (nSPS) is 14.6. The molecule has 0 aliphatic rings. The van der Waals surface area contributed by atoms with Crippen LogP contribution in [-0.4, -0.2) is 26.5 Å². The fourth-order valence-electron chi connectivity index (χ4n) is 0.671. The van der Waals surface area contributed by atoms with E-state index in [0.717, 1.165) is 0 Å². The highest BCUT2D eigenvalue weighted by molar-refractivity contribution is 7.90. The third-order valence-corrected chi connectivity index (χ3v) is 2.02. The highest BCUT2D eigenvalue weighted by atomic mass is 32.2. The molecule has 0 saturated heterocycles. The van der Waals surface area contributed by atoms with Crippen LogP contribution in [0.25, 0.3) is 0 Å². The van der Waals surface area contributed by atoms with Gasteiger partial charge in [-0.2, -0.15) is 0 Å². The van der Waals surface area contributed by atoms with Crippen molar-refractivity contribution in [1.82, 2.24) is 0 Å². The second-order valence-electron chi connectivity index (χ2n) is 2.38. The Morgan fingerprint density at radius 3 is 2.50 bits per heavy atom. The minimum Gasteiger partial charge on any atom is -0.326 e. The van der Waals surface area contributed by atoms with Crippen LogP contribution in [0.1, 0.15) is 6.42 Å². The fraction of sp³-hybridized carbons (Fsp3) is 0.667. The smallest absolute Gasteiger partial charge is 0.148 e. The molecule has 0 heterocycles. The van der Waals surface area contributed by atoms with Gasteiger partial charge in [0.05, 0.1) is 5.75 Å². The van der Waals surface area contributed by atoms with Crippen molar-refractivity contribution in [3.63, 3.8) is 0 Å². The van der Waals surface area contributed by atoms with Crippen molar-refractivity contribution >= 4 is 9.84 Å². The molecule has 0 aromatic rings. The number of nitrogens with two attached hydrogens (primary N) is 1. The van der Waals surface area contributed by atoms with Gasteiger partial charge >= 0.3 is 0 Å². The number of sulfone groups is 1. The summed E-state index contributed by atoms with van der Waals surface area (Å²) in [5, 5.41) is 0. The van der Waals surface area contributed by atoms with Crippen molar-refractivity contribution in [2.24, 2.45) is 5.73 Å². The lowest BCUT2D eigenvalue weighted by molar-refractivity contribution is 0.592. The molecule has 2 N–H and O–H groups in total. The molecular weight excluding hydrogens is 150 g/mol. The first-order valence-corrected chi connectivity index (χ1v) is 5.06. The van der Waals surface area contributed by atoms with Crippen LogP contribution in [0.5, 0.6) is 0 Å². The van der Waals surface area contributed by atoms with E-state index in [1.807, 2.05) is 0 Å². The highest BCUT2D eigenvalue weighted by Crippen LogP contribution is 1.93. The molecule has 3 nitrogen and oxygen atoms in total. The fourth-order valence-corrected chi connectivity index (χ4v) is 1.58. The van der Waals surface area contributed by atoms with Gasteiger partial charge in [-0.25, -0.2) is 8.42 Å². The Bertz CT molecular complexity index is 196. The minimum atomic E-state index is -2.92. The lowest BCUT2D eigenvalue weighted by Crippen LogP contribution is -2.28. The number of rotatable bonds is 4. The van der Waals surface area contributed by atoms with Gasteiger partial charge < -0.3 is 5.73 Å². The Kier molecular flexibility index (Phi) is 3.60. The highest BCUT2D eigenvalue weighted by Gasteiger charge is 2.08. The van der Waals surface area contributed by atoms with E-state index in [4.69, 9.17) is 5.73 Å². The maximum Gasteiger partial charge on any atom is 0.148 e. The van der Waals surface area contributed by atoms with Gasteiger partial charge in [-0.3, -0.25) is 0 Å². The maximum absolute atomic E-state index is 10.6. The first-order valence-electron chi connectivity index (χ1n) is 3.00. The predicted octanol–water partition coefficient (Wildman–Crippen LogP) is -0.0656. The van der Waals surface area contributed by atoms with Gasteiger partial charge in [0.25, 0.3) is 0 Å². The Morgan fingerprint density at radius 1 is 1.70 bits per heavy atom. The van der Waals surface area contributed by atoms with E-state index >= 15 is 0 Å². The molecule has 1 unspecified atom stereocenters. The Balaban J connectivity index is 3.80. The van der Waals surface area contributed by atoms with Crippen LogP contribution >= 0.6 is 0 Å². The topological polar surface area (TPSA) is 60.2 Å². The number of hydrogen-bond acceptors (Lipinski definition) is 3. The molecule has 0 aliphatic carbocycles. The van der Waals surface area contributed by atoms with Crippen molar-refractivity contribution in [2.45, 2.75) is 12.5 Å². The first-order chi connectivity index (χ1) is 4.45. The average Bonchev–Trinajstić information content (AvgIpc) is 1.59. The predicted molar refractivity (Wildman–Crippen MR) is 42.5 cm³/mol. The Morgan fingerprint density at radius 2 is 2.20 bits per heavy atom. The molecule has 10 heavy (non-hydrogen) atoms. The van der Waals surface area contributed by atoms with Crippen LogP contribution < -0.4 is 5.73 Å². The van der Waals surface area contributed by atoms with Gasteiger partial charge in [-0.15, -0.1) is 6.58 Å². The van der Waals surface area contributed by atoms with Gasteiger partial charge in [0.2, 0.25) is 0 Å². The zero-order valence-corrected chi connectivity index (χ0v) is 6.89. The van der Waals surface area contributed by atoms with Crippen LogP contribution in [0, 0.1) is 0 Å². The van der Waals surface area contributed by atoms with E-state index in [2.05, 4.69) is 6.58 Å². The summed E-state index contributed by atoms with van der Waals surface area (Å²) < 4.78 is 21.2. The molecule has 0 saturated carbocycles. The second kappa shape index (κ2) is 3.73. The molecule has 1 atom stereocenters. The lowest BCUT2D eigenvalue weighted by Gasteiger charge is -2.05. The molecular formula is C6H13NO2S. The van der Waals surface area contributed by atoms with Crippen molar-refractivity contribution < 1.29 is 8.42 Å². The van der Waals surface area contributed by atoms with Crippen molar-refractivity contribution in [3.8, 4) is 0 Å². The zero-order chi connectivity index (χ0) is 8.20. The summed E-state index contributed by atoms with van der Waals surface area (Å²) in [4.78, 5) is 0. The van der Waals surface area contributed by atoms with E-state index in [-0.39, 0.29) is 11.8 Å². The Hall–Kier alpha value is -0.350. The Labute approximate surface area is 61.8 Å². The lowest BCUT2D eigenvalue weighted by atomic mass is 10.2. The summed E-state index contributed by atoms with van der Waals surface area (Å²) in [6, 6.07) is -0.299. The molecule has 0 radical (unpaired) electrons. The monoisotopic (exact) mass is 163 g/mol. The molecule has 0 amide bonds. The zero-order valence-electron chi connectivity index (χ0n) is 6.08. The van der Waals surface area contributed by atoms with Crippen molar-refractivity contribution in [1.29, 1.82) is 0 Å². The molecule has 4 heteroatoms. The van der Waals surface area contributed by atoms with Gasteiger partial charge in [0.15, 0.2) is 0 Å². The minimum absolute atomic E-state index is 0.0407. The number of hydrogen-bond donors (Lipinski definition) is 1. The molecule has 0 fully saturated rings. The van der Waals surface area contributed by atoms with Crippen molar-refractivity contribution in [2.75, 3.05) is 12.0 Å². The van der Waals surface area contributed by atoms with Crippen LogP contribution in [-0.2, 0) is 9.84 Å². The molecule has 0 rings (SSSR count). The molecule has 0 spiro atoms. The summed E-state index contributed by atoms with van der Waals surface area (Å²) in [5.41, 5.74) is 5.42. The molecule has 0 bridgehead atoms. The van der Waals surface area contributed by atoms with Crippen molar-refractivity contribution in [3.05, 3.63) is 12.7 Å². The second-order valence-corrected chi connectivity index (χ2v) is 4.56. The van der Waals surface area contributed by atoms with Crippen LogP contribution in [0.3, 0.4) is 0 Å².